The van der Waals surface area contributed by atoms with E-state index in [0.29, 0.717) is 10.7 Å². The minimum Gasteiger partial charge on any atom is -0.375 e. The number of hydrogen-bond donors (Lipinski definition) is 1. The molecule has 3 aromatic rings. The second-order valence-corrected chi connectivity index (χ2v) is 6.13. The van der Waals surface area contributed by atoms with E-state index in [0.717, 1.165) is 28.9 Å². The van der Waals surface area contributed by atoms with Gasteiger partial charge in [0.25, 0.3) is 5.91 Å². The van der Waals surface area contributed by atoms with Crippen molar-refractivity contribution >= 4 is 38.3 Å². The van der Waals surface area contributed by atoms with Crippen LogP contribution in [0, 0.1) is 0 Å². The van der Waals surface area contributed by atoms with Crippen LogP contribution in [0.2, 0.25) is 0 Å². The summed E-state index contributed by atoms with van der Waals surface area (Å²) in [5.41, 5.74) is 9.49. The van der Waals surface area contributed by atoms with Gasteiger partial charge in [-0.25, -0.2) is 4.98 Å². The molecule has 5 heteroatoms. The Morgan fingerprint density at radius 3 is 3.00 bits per heavy atom. The monoisotopic (exact) mass is 295 g/mol. The quantitative estimate of drug-likeness (QED) is 0.750. The molecule has 1 aliphatic rings. The van der Waals surface area contributed by atoms with Crippen LogP contribution in [0.25, 0.3) is 10.2 Å². The van der Waals surface area contributed by atoms with Gasteiger partial charge in [-0.15, -0.1) is 0 Å². The van der Waals surface area contributed by atoms with Gasteiger partial charge in [-0.3, -0.25) is 4.79 Å². The number of anilines is 2. The number of rotatable bonds is 1. The van der Waals surface area contributed by atoms with Crippen LogP contribution < -0.4 is 10.6 Å². The van der Waals surface area contributed by atoms with E-state index in [2.05, 4.69) is 11.1 Å². The van der Waals surface area contributed by atoms with Crippen molar-refractivity contribution in [1.29, 1.82) is 0 Å². The van der Waals surface area contributed by atoms with Gasteiger partial charge >= 0.3 is 0 Å². The van der Waals surface area contributed by atoms with E-state index in [-0.39, 0.29) is 5.91 Å². The Morgan fingerprint density at radius 1 is 1.24 bits per heavy atom. The summed E-state index contributed by atoms with van der Waals surface area (Å²) >= 11 is 1.41. The molecule has 4 nitrogen and oxygen atoms in total. The van der Waals surface area contributed by atoms with E-state index in [9.17, 15) is 4.79 Å². The fourth-order valence-electron chi connectivity index (χ4n) is 2.78. The molecule has 2 heterocycles. The van der Waals surface area contributed by atoms with Crippen LogP contribution in [0.5, 0.6) is 0 Å². The van der Waals surface area contributed by atoms with Gasteiger partial charge in [0, 0.05) is 17.8 Å². The first-order valence-electron chi connectivity index (χ1n) is 6.78. The van der Waals surface area contributed by atoms with Gasteiger partial charge in [0.05, 0.1) is 10.2 Å². The van der Waals surface area contributed by atoms with Crippen molar-refractivity contribution in [3.8, 4) is 0 Å². The molecule has 4 rings (SSSR count). The van der Waals surface area contributed by atoms with E-state index in [1.54, 1.807) is 0 Å². The first kappa shape index (κ1) is 12.3. The normalized spacial score (nSPS) is 13.6. The summed E-state index contributed by atoms with van der Waals surface area (Å²) in [4.78, 5) is 18.8. The number of amides is 1. The molecule has 1 aliphatic heterocycles. The zero-order chi connectivity index (χ0) is 14.4. The molecule has 1 aromatic heterocycles. The fraction of sp³-hybridized carbons (Fsp3) is 0.125. The summed E-state index contributed by atoms with van der Waals surface area (Å²) in [5, 5.41) is 0.529. The number of fused-ring (bicyclic) bond motifs is 2. The van der Waals surface area contributed by atoms with E-state index < -0.39 is 0 Å². The summed E-state index contributed by atoms with van der Waals surface area (Å²) in [6.07, 6.45) is 0.914. The van der Waals surface area contributed by atoms with E-state index in [4.69, 9.17) is 5.73 Å². The number of para-hydroxylation sites is 1. The number of carbonyl (C=O) groups excluding carboxylic acids is 1. The Bertz CT molecular complexity index is 856. The van der Waals surface area contributed by atoms with E-state index in [1.165, 1.54) is 16.9 Å². The molecular weight excluding hydrogens is 282 g/mol. The predicted molar refractivity (Wildman–Crippen MR) is 85.9 cm³/mol. The second kappa shape index (κ2) is 4.56. The molecule has 0 fully saturated rings. The molecule has 0 unspecified atom stereocenters. The lowest BCUT2D eigenvalue weighted by atomic mass is 10.1. The van der Waals surface area contributed by atoms with Gasteiger partial charge in [-0.1, -0.05) is 29.5 Å². The zero-order valence-corrected chi connectivity index (χ0v) is 12.1. The van der Waals surface area contributed by atoms with Crippen LogP contribution in [0.3, 0.4) is 0 Å². The number of aromatic nitrogens is 1. The summed E-state index contributed by atoms with van der Waals surface area (Å²) in [6.45, 7) is 0.737. The number of nitrogens with zero attached hydrogens (tertiary/aromatic N) is 2. The van der Waals surface area contributed by atoms with Gasteiger partial charge in [0.2, 0.25) is 0 Å². The van der Waals surface area contributed by atoms with Crippen LogP contribution in [0.4, 0.5) is 10.8 Å². The Labute approximate surface area is 125 Å². The summed E-state index contributed by atoms with van der Waals surface area (Å²) in [5.74, 6) is 0.0359. The van der Waals surface area contributed by atoms with Crippen molar-refractivity contribution in [3.05, 3.63) is 53.6 Å². The minimum atomic E-state index is 0.0359. The Kier molecular flexibility index (Phi) is 2.68. The van der Waals surface area contributed by atoms with E-state index >= 15 is 0 Å². The maximum Gasteiger partial charge on any atom is 0.258 e. The molecule has 0 aliphatic carbocycles. The SMILES string of the molecule is Nc1nc2ccc(C(=O)N3CCc4ccccc43)cc2s1. The fourth-order valence-corrected chi connectivity index (χ4v) is 3.55. The second-order valence-electron chi connectivity index (χ2n) is 5.07. The number of nitrogens with two attached hydrogens (primary N) is 1. The van der Waals surface area contributed by atoms with Gasteiger partial charge < -0.3 is 10.6 Å². The molecule has 104 valence electrons. The maximum atomic E-state index is 12.7. The summed E-state index contributed by atoms with van der Waals surface area (Å²) in [7, 11) is 0. The van der Waals surface area contributed by atoms with Gasteiger partial charge in [-0.05, 0) is 36.2 Å². The highest BCUT2D eigenvalue weighted by Gasteiger charge is 2.25. The molecule has 2 aromatic carbocycles. The number of benzene rings is 2. The Morgan fingerprint density at radius 2 is 2.10 bits per heavy atom. The topological polar surface area (TPSA) is 59.2 Å². The molecule has 0 bridgehead atoms. The molecule has 0 spiro atoms. The lowest BCUT2D eigenvalue weighted by Crippen LogP contribution is -2.28. The molecule has 0 saturated heterocycles. The van der Waals surface area contributed by atoms with Crippen molar-refractivity contribution in [1.82, 2.24) is 4.98 Å². The van der Waals surface area contributed by atoms with Gasteiger partial charge in [0.1, 0.15) is 0 Å². The predicted octanol–water partition coefficient (Wildman–Crippen LogP) is 3.08. The summed E-state index contributed by atoms with van der Waals surface area (Å²) < 4.78 is 0.950. The average molecular weight is 295 g/mol. The standard InChI is InChI=1S/C16H13N3OS/c17-16-18-12-6-5-11(9-14(12)21-16)15(20)19-8-7-10-3-1-2-4-13(10)19/h1-6,9H,7-8H2,(H2,17,18). The third kappa shape index (κ3) is 1.97. The lowest BCUT2D eigenvalue weighted by Gasteiger charge is -2.17. The van der Waals surface area contributed by atoms with Crippen LogP contribution in [0.15, 0.2) is 42.5 Å². The number of nitrogen functional groups attached to an aromatic ring is 1. The van der Waals surface area contributed by atoms with Gasteiger partial charge in [-0.2, -0.15) is 0 Å². The molecule has 2 N–H and O–H groups in total. The highest BCUT2D eigenvalue weighted by Crippen LogP contribution is 2.30. The minimum absolute atomic E-state index is 0.0359. The first-order chi connectivity index (χ1) is 10.2. The van der Waals surface area contributed by atoms with Crippen molar-refractivity contribution in [2.24, 2.45) is 0 Å². The van der Waals surface area contributed by atoms with Crippen molar-refractivity contribution in [2.75, 3.05) is 17.2 Å². The van der Waals surface area contributed by atoms with Crippen LogP contribution >= 0.6 is 11.3 Å². The van der Waals surface area contributed by atoms with Gasteiger partial charge in [0.15, 0.2) is 5.13 Å². The smallest absolute Gasteiger partial charge is 0.258 e. The third-order valence-electron chi connectivity index (χ3n) is 3.78. The lowest BCUT2D eigenvalue weighted by molar-refractivity contribution is 0.0989. The Balaban J connectivity index is 1.73. The van der Waals surface area contributed by atoms with Crippen LogP contribution in [-0.2, 0) is 6.42 Å². The molecule has 0 radical (unpaired) electrons. The van der Waals surface area contributed by atoms with E-state index in [1.807, 2.05) is 41.3 Å². The number of carbonyl (C=O) groups is 1. The van der Waals surface area contributed by atoms with Crippen molar-refractivity contribution < 1.29 is 4.79 Å². The maximum absolute atomic E-state index is 12.7. The van der Waals surface area contributed by atoms with Crippen LogP contribution in [-0.4, -0.2) is 17.4 Å². The first-order valence-corrected chi connectivity index (χ1v) is 7.60. The highest BCUT2D eigenvalue weighted by atomic mass is 32.1. The molecule has 0 saturated carbocycles. The van der Waals surface area contributed by atoms with Crippen LogP contribution in [0.1, 0.15) is 15.9 Å². The molecular formula is C16H13N3OS. The third-order valence-corrected chi connectivity index (χ3v) is 4.63. The number of hydrogen-bond acceptors (Lipinski definition) is 4. The highest BCUT2D eigenvalue weighted by molar-refractivity contribution is 7.22. The zero-order valence-electron chi connectivity index (χ0n) is 11.2. The molecule has 21 heavy (non-hydrogen) atoms. The molecule has 0 atom stereocenters. The number of thiazole rings is 1. The molecule has 1 amide bonds. The summed E-state index contributed by atoms with van der Waals surface area (Å²) in [6, 6.07) is 13.6. The Hall–Kier alpha value is -2.40. The largest absolute Gasteiger partial charge is 0.375 e. The van der Waals surface area contributed by atoms with Crippen molar-refractivity contribution in [3.63, 3.8) is 0 Å². The van der Waals surface area contributed by atoms with Crippen molar-refractivity contribution in [2.45, 2.75) is 6.42 Å². The average Bonchev–Trinajstić information content (AvgIpc) is 3.07.